The van der Waals surface area contributed by atoms with Crippen LogP contribution in [0.1, 0.15) is 18.4 Å². The van der Waals surface area contributed by atoms with Crippen molar-refractivity contribution in [2.24, 2.45) is 5.73 Å². The molecule has 0 heterocycles. The summed E-state index contributed by atoms with van der Waals surface area (Å²) in [6, 6.07) is 6.65. The summed E-state index contributed by atoms with van der Waals surface area (Å²) in [6.07, 6.45) is 2.50. The third kappa shape index (κ3) is 6.69. The van der Waals surface area contributed by atoms with Gasteiger partial charge in [-0.25, -0.2) is 4.39 Å². The first kappa shape index (κ1) is 15.1. The summed E-state index contributed by atoms with van der Waals surface area (Å²) >= 11 is 0. The maximum atomic E-state index is 13.0. The molecule has 0 radical (unpaired) electrons. The number of halogens is 1. The summed E-state index contributed by atoms with van der Waals surface area (Å²) in [4.78, 5) is 0. The standard InChI is InChI=1S/C14H22FNO2/c1-17-8-9-18-7-3-6-14(16)11-12-4-2-5-13(15)10-12/h2,4-5,10,14H,3,6-9,11,16H2,1H3. The quantitative estimate of drug-likeness (QED) is 0.688. The lowest BCUT2D eigenvalue weighted by Crippen LogP contribution is -2.23. The maximum absolute atomic E-state index is 13.0. The van der Waals surface area contributed by atoms with Gasteiger partial charge in [-0.05, 0) is 37.0 Å². The topological polar surface area (TPSA) is 44.5 Å². The summed E-state index contributed by atoms with van der Waals surface area (Å²) in [6.45, 7) is 1.94. The lowest BCUT2D eigenvalue weighted by Gasteiger charge is -2.11. The van der Waals surface area contributed by atoms with Crippen molar-refractivity contribution in [3.63, 3.8) is 0 Å². The molecule has 0 amide bonds. The lowest BCUT2D eigenvalue weighted by atomic mass is 10.0. The summed E-state index contributed by atoms with van der Waals surface area (Å²) in [5.74, 6) is -0.206. The first-order valence-electron chi connectivity index (χ1n) is 6.29. The van der Waals surface area contributed by atoms with Crippen molar-refractivity contribution in [3.8, 4) is 0 Å². The Morgan fingerprint density at radius 2 is 2.11 bits per heavy atom. The van der Waals surface area contributed by atoms with Crippen molar-refractivity contribution in [2.45, 2.75) is 25.3 Å². The van der Waals surface area contributed by atoms with Gasteiger partial charge in [-0.2, -0.15) is 0 Å². The van der Waals surface area contributed by atoms with Gasteiger partial charge >= 0.3 is 0 Å². The molecule has 1 aromatic carbocycles. The minimum Gasteiger partial charge on any atom is -0.382 e. The molecule has 3 nitrogen and oxygen atoms in total. The Morgan fingerprint density at radius 1 is 1.28 bits per heavy atom. The van der Waals surface area contributed by atoms with Gasteiger partial charge < -0.3 is 15.2 Å². The van der Waals surface area contributed by atoms with Crippen LogP contribution in [0.15, 0.2) is 24.3 Å². The number of methoxy groups -OCH3 is 1. The summed E-state index contributed by atoms with van der Waals surface area (Å²) in [5.41, 5.74) is 6.94. The third-order valence-electron chi connectivity index (χ3n) is 2.68. The zero-order valence-corrected chi connectivity index (χ0v) is 10.9. The van der Waals surface area contributed by atoms with Crippen LogP contribution in [0.2, 0.25) is 0 Å². The van der Waals surface area contributed by atoms with Gasteiger partial charge in [0.15, 0.2) is 0 Å². The van der Waals surface area contributed by atoms with Crippen LogP contribution in [0, 0.1) is 5.82 Å². The van der Waals surface area contributed by atoms with Crippen LogP contribution >= 0.6 is 0 Å². The molecule has 0 bridgehead atoms. The van der Waals surface area contributed by atoms with Crippen LogP contribution in [-0.2, 0) is 15.9 Å². The van der Waals surface area contributed by atoms with Crippen molar-refractivity contribution in [1.29, 1.82) is 0 Å². The minimum absolute atomic E-state index is 0.0535. The van der Waals surface area contributed by atoms with Crippen LogP contribution < -0.4 is 5.73 Å². The van der Waals surface area contributed by atoms with E-state index >= 15 is 0 Å². The number of hydrogen-bond donors (Lipinski definition) is 1. The van der Waals surface area contributed by atoms with Crippen LogP contribution in [-0.4, -0.2) is 33.0 Å². The fourth-order valence-electron chi connectivity index (χ4n) is 1.76. The zero-order valence-electron chi connectivity index (χ0n) is 10.9. The molecule has 1 atom stereocenters. The van der Waals surface area contributed by atoms with E-state index in [2.05, 4.69) is 0 Å². The summed E-state index contributed by atoms with van der Waals surface area (Å²) in [5, 5.41) is 0. The van der Waals surface area contributed by atoms with Crippen molar-refractivity contribution in [2.75, 3.05) is 26.9 Å². The molecule has 0 aliphatic heterocycles. The molecule has 0 aromatic heterocycles. The molecule has 1 rings (SSSR count). The monoisotopic (exact) mass is 255 g/mol. The summed E-state index contributed by atoms with van der Waals surface area (Å²) < 4.78 is 23.2. The Kier molecular flexibility index (Phi) is 7.57. The number of nitrogens with two attached hydrogens (primary N) is 1. The van der Waals surface area contributed by atoms with E-state index < -0.39 is 0 Å². The van der Waals surface area contributed by atoms with Gasteiger partial charge in [0.1, 0.15) is 5.82 Å². The Bertz CT molecular complexity index is 333. The van der Waals surface area contributed by atoms with Crippen LogP contribution in [0.3, 0.4) is 0 Å². The molecule has 0 saturated carbocycles. The highest BCUT2D eigenvalue weighted by Gasteiger charge is 2.04. The van der Waals surface area contributed by atoms with Gasteiger partial charge in [0, 0.05) is 19.8 Å². The largest absolute Gasteiger partial charge is 0.382 e. The van der Waals surface area contributed by atoms with Crippen LogP contribution in [0.5, 0.6) is 0 Å². The smallest absolute Gasteiger partial charge is 0.123 e. The van der Waals surface area contributed by atoms with Gasteiger partial charge in [0.05, 0.1) is 13.2 Å². The van der Waals surface area contributed by atoms with Crippen molar-refractivity contribution >= 4 is 0 Å². The highest BCUT2D eigenvalue weighted by molar-refractivity contribution is 5.17. The Hall–Kier alpha value is -0.970. The molecule has 0 fully saturated rings. The predicted octanol–water partition coefficient (Wildman–Crippen LogP) is 2.14. The molecule has 0 saturated heterocycles. The van der Waals surface area contributed by atoms with Crippen molar-refractivity contribution in [3.05, 3.63) is 35.6 Å². The van der Waals surface area contributed by atoms with Crippen LogP contribution in [0.4, 0.5) is 4.39 Å². The van der Waals surface area contributed by atoms with Gasteiger partial charge in [0.25, 0.3) is 0 Å². The fourth-order valence-corrected chi connectivity index (χ4v) is 1.76. The van der Waals surface area contributed by atoms with Gasteiger partial charge in [-0.1, -0.05) is 12.1 Å². The van der Waals surface area contributed by atoms with Gasteiger partial charge in [-0.15, -0.1) is 0 Å². The molecule has 0 aliphatic rings. The van der Waals surface area contributed by atoms with E-state index in [9.17, 15) is 4.39 Å². The maximum Gasteiger partial charge on any atom is 0.123 e. The average molecular weight is 255 g/mol. The fraction of sp³-hybridized carbons (Fsp3) is 0.571. The molecular formula is C14H22FNO2. The predicted molar refractivity (Wildman–Crippen MR) is 70.0 cm³/mol. The molecule has 18 heavy (non-hydrogen) atoms. The van der Waals surface area contributed by atoms with E-state index in [-0.39, 0.29) is 11.9 Å². The second-order valence-electron chi connectivity index (χ2n) is 4.34. The average Bonchev–Trinajstić information content (AvgIpc) is 2.33. The normalized spacial score (nSPS) is 12.6. The SMILES string of the molecule is COCCOCCCC(N)Cc1cccc(F)c1. The molecule has 4 heteroatoms. The van der Waals surface area contributed by atoms with Crippen LogP contribution in [0.25, 0.3) is 0 Å². The van der Waals surface area contributed by atoms with E-state index in [4.69, 9.17) is 15.2 Å². The molecule has 2 N–H and O–H groups in total. The molecule has 102 valence electrons. The van der Waals surface area contributed by atoms with E-state index in [0.29, 0.717) is 26.2 Å². The third-order valence-corrected chi connectivity index (χ3v) is 2.68. The number of ether oxygens (including phenoxy) is 2. The van der Waals surface area contributed by atoms with Crippen molar-refractivity contribution in [1.82, 2.24) is 0 Å². The number of hydrogen-bond acceptors (Lipinski definition) is 3. The minimum atomic E-state index is -0.206. The molecular weight excluding hydrogens is 233 g/mol. The van der Waals surface area contributed by atoms with Gasteiger partial charge in [-0.3, -0.25) is 0 Å². The molecule has 0 spiro atoms. The second kappa shape index (κ2) is 9.03. The molecule has 0 aliphatic carbocycles. The first-order chi connectivity index (χ1) is 8.72. The van der Waals surface area contributed by atoms with E-state index in [1.807, 2.05) is 6.07 Å². The Labute approximate surface area is 108 Å². The van der Waals surface area contributed by atoms with E-state index in [1.165, 1.54) is 12.1 Å². The summed E-state index contributed by atoms with van der Waals surface area (Å²) in [7, 11) is 1.65. The Balaban J connectivity index is 2.12. The highest BCUT2D eigenvalue weighted by Crippen LogP contribution is 2.08. The number of benzene rings is 1. The first-order valence-corrected chi connectivity index (χ1v) is 6.29. The van der Waals surface area contributed by atoms with Crippen molar-refractivity contribution < 1.29 is 13.9 Å². The lowest BCUT2D eigenvalue weighted by molar-refractivity contribution is 0.0682. The zero-order chi connectivity index (χ0) is 13.2. The second-order valence-corrected chi connectivity index (χ2v) is 4.34. The van der Waals surface area contributed by atoms with Gasteiger partial charge in [0.2, 0.25) is 0 Å². The molecule has 1 unspecified atom stereocenters. The molecule has 1 aromatic rings. The van der Waals surface area contributed by atoms with E-state index in [0.717, 1.165) is 18.4 Å². The van der Waals surface area contributed by atoms with E-state index in [1.54, 1.807) is 13.2 Å². The Morgan fingerprint density at radius 3 is 2.83 bits per heavy atom. The highest BCUT2D eigenvalue weighted by atomic mass is 19.1. The number of rotatable bonds is 9.